The van der Waals surface area contributed by atoms with Crippen LogP contribution in [0.15, 0.2) is 0 Å². The standard InChI is InChI=1S/C9H18N.C2HF3N2O2S/c1-2-6-10(7-3-1)8-4-5-9-10;3-2(4,5)10(8,9)7-1-6/h1-9H2;7H/q+1;. The predicted octanol–water partition coefficient (Wildman–Crippen LogP) is 1.69. The lowest BCUT2D eigenvalue weighted by Crippen LogP contribution is -2.48. The average Bonchev–Trinajstić information content (AvgIpc) is 2.78. The highest BCUT2D eigenvalue weighted by Crippen LogP contribution is 2.25. The van der Waals surface area contributed by atoms with Crippen LogP contribution in [0, 0.1) is 11.5 Å². The first-order valence-electron chi connectivity index (χ1n) is 6.55. The minimum absolute atomic E-state index is 0.615. The Hall–Kier alpha value is -1.01. The van der Waals surface area contributed by atoms with Crippen molar-refractivity contribution in [3.05, 3.63) is 0 Å². The Labute approximate surface area is 117 Å². The number of nitrogens with zero attached hydrogens (tertiary/aromatic N) is 2. The van der Waals surface area contributed by atoms with Gasteiger partial charge in [0.25, 0.3) is 0 Å². The summed E-state index contributed by atoms with van der Waals surface area (Å²) in [4.78, 5) is 0. The number of hydrogen-bond acceptors (Lipinski definition) is 3. The SMILES string of the molecule is C1CC[N+]2(CC1)CCCC2.N#CNS(=O)(=O)C(F)(F)F. The highest BCUT2D eigenvalue weighted by molar-refractivity contribution is 7.90. The number of rotatable bonds is 1. The molecule has 2 aliphatic rings. The van der Waals surface area contributed by atoms with Crippen molar-refractivity contribution in [1.29, 1.82) is 5.26 Å². The van der Waals surface area contributed by atoms with Gasteiger partial charge in [-0.2, -0.15) is 26.9 Å². The Morgan fingerprint density at radius 2 is 1.35 bits per heavy atom. The number of alkyl halides is 3. The van der Waals surface area contributed by atoms with E-state index in [9.17, 15) is 21.6 Å². The molecule has 2 saturated heterocycles. The Morgan fingerprint density at radius 1 is 0.950 bits per heavy atom. The Bertz CT molecular complexity index is 443. The largest absolute Gasteiger partial charge is 0.517 e. The van der Waals surface area contributed by atoms with E-state index in [0.717, 1.165) is 0 Å². The summed E-state index contributed by atoms with van der Waals surface area (Å²) >= 11 is 0. The van der Waals surface area contributed by atoms with Crippen LogP contribution in [-0.4, -0.2) is 44.6 Å². The van der Waals surface area contributed by atoms with Crippen molar-refractivity contribution in [3.63, 3.8) is 0 Å². The Morgan fingerprint density at radius 3 is 1.65 bits per heavy atom. The maximum absolute atomic E-state index is 11.2. The van der Waals surface area contributed by atoms with Crippen LogP contribution >= 0.6 is 0 Å². The molecule has 0 radical (unpaired) electrons. The number of nitriles is 1. The van der Waals surface area contributed by atoms with Crippen molar-refractivity contribution in [2.24, 2.45) is 0 Å². The van der Waals surface area contributed by atoms with Gasteiger partial charge in [-0.15, -0.1) is 0 Å². The summed E-state index contributed by atoms with van der Waals surface area (Å²) in [6.07, 6.45) is 8.16. The minimum atomic E-state index is -5.46. The zero-order valence-electron chi connectivity index (χ0n) is 11.1. The zero-order chi connectivity index (χ0) is 15.3. The molecule has 20 heavy (non-hydrogen) atoms. The van der Waals surface area contributed by atoms with Gasteiger partial charge in [0.1, 0.15) is 0 Å². The molecule has 0 aromatic carbocycles. The fourth-order valence-electron chi connectivity index (χ4n) is 2.75. The average molecular weight is 314 g/mol. The van der Waals surface area contributed by atoms with E-state index in [1.54, 1.807) is 0 Å². The van der Waals surface area contributed by atoms with E-state index in [-0.39, 0.29) is 0 Å². The van der Waals surface area contributed by atoms with Crippen LogP contribution in [0.4, 0.5) is 13.2 Å². The van der Waals surface area contributed by atoms with E-state index in [1.807, 2.05) is 0 Å². The molecular weight excluding hydrogens is 295 g/mol. The molecule has 0 aromatic rings. The summed E-state index contributed by atoms with van der Waals surface area (Å²) in [5.41, 5.74) is -5.41. The second kappa shape index (κ2) is 6.63. The van der Waals surface area contributed by atoms with Crippen molar-refractivity contribution >= 4 is 10.0 Å². The topological polar surface area (TPSA) is 70.0 Å². The Balaban J connectivity index is 0.000000200. The molecule has 0 bridgehead atoms. The van der Waals surface area contributed by atoms with Crippen molar-refractivity contribution in [1.82, 2.24) is 4.72 Å². The third-order valence-corrected chi connectivity index (χ3v) is 4.73. The molecule has 2 rings (SSSR count). The van der Waals surface area contributed by atoms with Gasteiger partial charge in [0.2, 0.25) is 0 Å². The Kier molecular flexibility index (Phi) is 5.65. The van der Waals surface area contributed by atoms with Crippen LogP contribution in [0.25, 0.3) is 0 Å². The second-order valence-electron chi connectivity index (χ2n) is 5.17. The highest BCUT2D eigenvalue weighted by atomic mass is 32.2. The van der Waals surface area contributed by atoms with Gasteiger partial charge < -0.3 is 4.48 Å². The number of sulfonamides is 1. The lowest BCUT2D eigenvalue weighted by atomic mass is 10.1. The summed E-state index contributed by atoms with van der Waals surface area (Å²) < 4.78 is 55.4. The van der Waals surface area contributed by atoms with E-state index >= 15 is 0 Å². The first-order valence-corrected chi connectivity index (χ1v) is 8.03. The molecule has 0 amide bonds. The van der Waals surface area contributed by atoms with Crippen molar-refractivity contribution in [3.8, 4) is 6.19 Å². The smallest absolute Gasteiger partial charge is 0.324 e. The molecule has 2 aliphatic heterocycles. The molecule has 0 unspecified atom stereocenters. The molecular formula is C11H19F3N3O2S+. The predicted molar refractivity (Wildman–Crippen MR) is 66.5 cm³/mol. The third-order valence-electron chi connectivity index (χ3n) is 3.76. The van der Waals surface area contributed by atoms with Crippen molar-refractivity contribution in [2.45, 2.75) is 37.6 Å². The molecule has 0 saturated carbocycles. The number of hydrogen-bond donors (Lipinski definition) is 1. The normalized spacial score (nSPS) is 21.7. The first-order chi connectivity index (χ1) is 9.22. The monoisotopic (exact) mass is 314 g/mol. The van der Waals surface area contributed by atoms with E-state index in [4.69, 9.17) is 5.26 Å². The van der Waals surface area contributed by atoms with E-state index < -0.39 is 15.5 Å². The number of piperidine rings is 1. The van der Waals surface area contributed by atoms with Gasteiger partial charge in [0, 0.05) is 12.8 Å². The molecule has 5 nitrogen and oxygen atoms in total. The maximum Gasteiger partial charge on any atom is 0.517 e. The number of quaternary nitrogens is 1. The van der Waals surface area contributed by atoms with Crippen LogP contribution in [0.2, 0.25) is 0 Å². The molecule has 1 N–H and O–H groups in total. The first kappa shape index (κ1) is 17.0. The van der Waals surface area contributed by atoms with Crippen molar-refractivity contribution in [2.75, 3.05) is 26.2 Å². The fraction of sp³-hybridized carbons (Fsp3) is 0.909. The molecule has 0 atom stereocenters. The van der Waals surface area contributed by atoms with Gasteiger partial charge in [-0.05, 0) is 19.3 Å². The fourth-order valence-corrected chi connectivity index (χ4v) is 2.99. The van der Waals surface area contributed by atoms with E-state index in [2.05, 4.69) is 0 Å². The molecule has 1 spiro atoms. The van der Waals surface area contributed by atoms with Gasteiger partial charge in [0.15, 0.2) is 6.19 Å². The van der Waals surface area contributed by atoms with Gasteiger partial charge in [-0.25, -0.2) is 4.72 Å². The van der Waals surface area contributed by atoms with Gasteiger partial charge in [-0.1, -0.05) is 0 Å². The van der Waals surface area contributed by atoms with Crippen molar-refractivity contribution < 1.29 is 26.1 Å². The van der Waals surface area contributed by atoms with E-state index in [1.165, 1.54) is 62.8 Å². The molecule has 116 valence electrons. The molecule has 9 heteroatoms. The van der Waals surface area contributed by atoms with Gasteiger partial charge >= 0.3 is 15.5 Å². The zero-order valence-corrected chi connectivity index (χ0v) is 11.9. The molecule has 0 aromatic heterocycles. The highest BCUT2D eigenvalue weighted by Gasteiger charge is 2.45. The van der Waals surface area contributed by atoms with Crippen LogP contribution < -0.4 is 4.72 Å². The number of nitrogens with one attached hydrogen (secondary N) is 1. The third kappa shape index (κ3) is 4.52. The van der Waals surface area contributed by atoms with Gasteiger partial charge in [0.05, 0.1) is 26.2 Å². The van der Waals surface area contributed by atoms with Crippen LogP contribution in [-0.2, 0) is 10.0 Å². The van der Waals surface area contributed by atoms with Gasteiger partial charge in [-0.3, -0.25) is 0 Å². The quantitative estimate of drug-likeness (QED) is 0.455. The summed E-state index contributed by atoms with van der Waals surface area (Å²) in [6.45, 7) is 6.00. The minimum Gasteiger partial charge on any atom is -0.324 e. The summed E-state index contributed by atoms with van der Waals surface area (Å²) in [7, 11) is -5.46. The molecule has 2 heterocycles. The lowest BCUT2D eigenvalue weighted by molar-refractivity contribution is -0.921. The number of halogens is 3. The summed E-state index contributed by atoms with van der Waals surface area (Å²) in [5.74, 6) is 0. The van der Waals surface area contributed by atoms with Crippen LogP contribution in [0.1, 0.15) is 32.1 Å². The summed E-state index contributed by atoms with van der Waals surface area (Å²) in [6, 6.07) is 0. The van der Waals surface area contributed by atoms with Crippen LogP contribution in [0.5, 0.6) is 0 Å². The lowest BCUT2D eigenvalue weighted by Gasteiger charge is -2.37. The van der Waals surface area contributed by atoms with Crippen LogP contribution in [0.3, 0.4) is 0 Å². The maximum atomic E-state index is 11.2. The second-order valence-corrected chi connectivity index (χ2v) is 6.84. The van der Waals surface area contributed by atoms with E-state index in [0.29, 0.717) is 10.9 Å². The molecule has 2 fully saturated rings. The summed E-state index contributed by atoms with van der Waals surface area (Å²) in [5, 5.41) is 7.52. The molecule has 0 aliphatic carbocycles.